The lowest BCUT2D eigenvalue weighted by atomic mass is 10.1. The highest BCUT2D eigenvalue weighted by atomic mass is 19.1. The Hall–Kier alpha value is -2.37. The standard InChI is InChI=1S/C11H8FNO4/c1-16-6-2-3-7(8(12)4-6)9-5-10(11(14)15)17-13-9/h2-5H,1H3,(H,14,15). The summed E-state index contributed by atoms with van der Waals surface area (Å²) >= 11 is 0. The van der Waals surface area contributed by atoms with Crippen molar-refractivity contribution in [3.63, 3.8) is 0 Å². The van der Waals surface area contributed by atoms with Gasteiger partial charge < -0.3 is 14.4 Å². The highest BCUT2D eigenvalue weighted by Gasteiger charge is 2.15. The molecule has 0 aliphatic rings. The van der Waals surface area contributed by atoms with Crippen LogP contribution in [-0.4, -0.2) is 23.3 Å². The van der Waals surface area contributed by atoms with Crippen molar-refractivity contribution in [2.24, 2.45) is 0 Å². The number of hydrogen-bond acceptors (Lipinski definition) is 4. The first kappa shape index (κ1) is 11.1. The van der Waals surface area contributed by atoms with Crippen LogP contribution in [-0.2, 0) is 0 Å². The molecule has 0 aliphatic carbocycles. The fraction of sp³-hybridized carbons (Fsp3) is 0.0909. The Bertz CT molecular complexity index is 564. The molecule has 17 heavy (non-hydrogen) atoms. The maximum Gasteiger partial charge on any atom is 0.374 e. The van der Waals surface area contributed by atoms with E-state index in [0.29, 0.717) is 5.75 Å². The van der Waals surface area contributed by atoms with E-state index in [1.54, 1.807) is 6.07 Å². The molecule has 2 aromatic rings. The molecule has 0 fully saturated rings. The van der Waals surface area contributed by atoms with Crippen LogP contribution in [0.4, 0.5) is 4.39 Å². The maximum absolute atomic E-state index is 13.6. The van der Waals surface area contributed by atoms with Crippen LogP contribution in [0.1, 0.15) is 10.6 Å². The van der Waals surface area contributed by atoms with E-state index in [4.69, 9.17) is 9.84 Å². The number of aromatic nitrogens is 1. The van der Waals surface area contributed by atoms with Crippen LogP contribution in [0.3, 0.4) is 0 Å². The average Bonchev–Trinajstić information content (AvgIpc) is 2.78. The molecular weight excluding hydrogens is 229 g/mol. The maximum atomic E-state index is 13.6. The molecule has 0 unspecified atom stereocenters. The molecule has 0 atom stereocenters. The molecule has 1 heterocycles. The Kier molecular flexibility index (Phi) is 2.78. The summed E-state index contributed by atoms with van der Waals surface area (Å²) in [5, 5.41) is 12.1. The number of methoxy groups -OCH3 is 1. The molecular formula is C11H8FNO4. The first-order valence-electron chi connectivity index (χ1n) is 4.65. The van der Waals surface area contributed by atoms with Crippen molar-refractivity contribution in [3.05, 3.63) is 35.8 Å². The molecule has 0 saturated carbocycles. The van der Waals surface area contributed by atoms with E-state index in [9.17, 15) is 9.18 Å². The van der Waals surface area contributed by atoms with E-state index in [2.05, 4.69) is 9.68 Å². The van der Waals surface area contributed by atoms with Gasteiger partial charge in [-0.15, -0.1) is 0 Å². The van der Waals surface area contributed by atoms with E-state index in [1.165, 1.54) is 19.2 Å². The fourth-order valence-electron chi connectivity index (χ4n) is 1.33. The number of benzene rings is 1. The Labute approximate surface area is 95.4 Å². The van der Waals surface area contributed by atoms with Gasteiger partial charge in [-0.25, -0.2) is 9.18 Å². The summed E-state index contributed by atoms with van der Waals surface area (Å²) in [6.07, 6.45) is 0. The Morgan fingerprint density at radius 2 is 2.24 bits per heavy atom. The molecule has 88 valence electrons. The third-order valence-electron chi connectivity index (χ3n) is 2.17. The van der Waals surface area contributed by atoms with Gasteiger partial charge in [0.2, 0.25) is 5.76 Å². The second-order valence-electron chi connectivity index (χ2n) is 3.23. The number of hydrogen-bond donors (Lipinski definition) is 1. The lowest BCUT2D eigenvalue weighted by molar-refractivity contribution is 0.0652. The molecule has 0 aliphatic heterocycles. The number of ether oxygens (including phenoxy) is 1. The number of carboxylic acids is 1. The predicted molar refractivity (Wildman–Crippen MR) is 55.4 cm³/mol. The monoisotopic (exact) mass is 237 g/mol. The average molecular weight is 237 g/mol. The van der Waals surface area contributed by atoms with Crippen LogP contribution < -0.4 is 4.74 Å². The van der Waals surface area contributed by atoms with Gasteiger partial charge in [0, 0.05) is 17.7 Å². The summed E-state index contributed by atoms with van der Waals surface area (Å²) in [6.45, 7) is 0. The van der Waals surface area contributed by atoms with Gasteiger partial charge in [-0.1, -0.05) is 5.16 Å². The van der Waals surface area contributed by atoms with Crippen molar-refractivity contribution < 1.29 is 23.6 Å². The minimum atomic E-state index is -1.25. The van der Waals surface area contributed by atoms with Crippen LogP contribution in [0.5, 0.6) is 5.75 Å². The number of carbonyl (C=O) groups is 1. The SMILES string of the molecule is COc1ccc(-c2cc(C(=O)O)on2)c(F)c1. The second kappa shape index (κ2) is 4.25. The lowest BCUT2D eigenvalue weighted by Crippen LogP contribution is -1.92. The summed E-state index contributed by atoms with van der Waals surface area (Å²) in [4.78, 5) is 10.6. The Morgan fingerprint density at radius 1 is 1.47 bits per heavy atom. The third-order valence-corrected chi connectivity index (χ3v) is 2.17. The summed E-state index contributed by atoms with van der Waals surface area (Å²) in [5.41, 5.74) is 0.282. The van der Waals surface area contributed by atoms with Gasteiger partial charge in [-0.3, -0.25) is 0 Å². The molecule has 0 radical (unpaired) electrons. The highest BCUT2D eigenvalue weighted by molar-refractivity contribution is 5.85. The van der Waals surface area contributed by atoms with Crippen molar-refractivity contribution in [1.29, 1.82) is 0 Å². The molecule has 0 amide bonds. The molecule has 0 saturated heterocycles. The molecule has 5 nitrogen and oxygen atoms in total. The van der Waals surface area contributed by atoms with Gasteiger partial charge in [-0.05, 0) is 12.1 Å². The van der Waals surface area contributed by atoms with Crippen LogP contribution in [0.15, 0.2) is 28.8 Å². The van der Waals surface area contributed by atoms with Crippen molar-refractivity contribution in [1.82, 2.24) is 5.16 Å². The Balaban J connectivity index is 2.42. The zero-order chi connectivity index (χ0) is 12.4. The number of carboxylic acid groups (broad SMARTS) is 1. The first-order valence-corrected chi connectivity index (χ1v) is 4.65. The summed E-state index contributed by atoms with van der Waals surface area (Å²) in [5.74, 6) is -1.78. The molecule has 1 aromatic carbocycles. The Morgan fingerprint density at radius 3 is 2.76 bits per heavy atom. The van der Waals surface area contributed by atoms with Crippen LogP contribution in [0.2, 0.25) is 0 Å². The molecule has 6 heteroatoms. The van der Waals surface area contributed by atoms with Crippen LogP contribution in [0, 0.1) is 5.82 Å². The van der Waals surface area contributed by atoms with E-state index in [0.717, 1.165) is 6.07 Å². The van der Waals surface area contributed by atoms with Gasteiger partial charge in [-0.2, -0.15) is 0 Å². The van der Waals surface area contributed by atoms with Crippen molar-refractivity contribution in [2.75, 3.05) is 7.11 Å². The van der Waals surface area contributed by atoms with Crippen molar-refractivity contribution >= 4 is 5.97 Å². The zero-order valence-corrected chi connectivity index (χ0v) is 8.81. The van der Waals surface area contributed by atoms with Gasteiger partial charge in [0.05, 0.1) is 7.11 Å². The van der Waals surface area contributed by atoms with Crippen molar-refractivity contribution in [2.45, 2.75) is 0 Å². The summed E-state index contributed by atoms with van der Waals surface area (Å²) in [6, 6.07) is 5.34. The fourth-order valence-corrected chi connectivity index (χ4v) is 1.33. The quantitative estimate of drug-likeness (QED) is 0.885. The number of rotatable bonds is 3. The molecule has 1 N–H and O–H groups in total. The number of halogens is 1. The molecule has 0 spiro atoms. The van der Waals surface area contributed by atoms with Crippen LogP contribution in [0.25, 0.3) is 11.3 Å². The second-order valence-corrected chi connectivity index (χ2v) is 3.23. The largest absolute Gasteiger partial charge is 0.497 e. The minimum Gasteiger partial charge on any atom is -0.497 e. The minimum absolute atomic E-state index is 0.127. The van der Waals surface area contributed by atoms with Crippen LogP contribution >= 0.6 is 0 Å². The van der Waals surface area contributed by atoms with Gasteiger partial charge in [0.1, 0.15) is 17.3 Å². The van der Waals surface area contributed by atoms with Gasteiger partial charge >= 0.3 is 5.97 Å². The number of nitrogens with zero attached hydrogens (tertiary/aromatic N) is 1. The van der Waals surface area contributed by atoms with E-state index < -0.39 is 11.8 Å². The van der Waals surface area contributed by atoms with Gasteiger partial charge in [0.15, 0.2) is 0 Å². The normalized spacial score (nSPS) is 10.2. The van der Waals surface area contributed by atoms with Gasteiger partial charge in [0.25, 0.3) is 0 Å². The van der Waals surface area contributed by atoms with Crippen molar-refractivity contribution in [3.8, 4) is 17.0 Å². The topological polar surface area (TPSA) is 72.6 Å². The third kappa shape index (κ3) is 2.10. The highest BCUT2D eigenvalue weighted by Crippen LogP contribution is 2.25. The van der Waals surface area contributed by atoms with E-state index in [1.807, 2.05) is 0 Å². The molecule has 2 rings (SSSR count). The molecule has 1 aromatic heterocycles. The lowest BCUT2D eigenvalue weighted by Gasteiger charge is -2.02. The first-order chi connectivity index (χ1) is 8.11. The van der Waals surface area contributed by atoms with E-state index in [-0.39, 0.29) is 17.0 Å². The van der Waals surface area contributed by atoms with E-state index >= 15 is 0 Å². The zero-order valence-electron chi connectivity index (χ0n) is 8.81. The predicted octanol–water partition coefficient (Wildman–Crippen LogP) is 2.19. The number of aromatic carboxylic acids is 1. The summed E-state index contributed by atoms with van der Waals surface area (Å²) in [7, 11) is 1.42. The summed E-state index contributed by atoms with van der Waals surface area (Å²) < 4.78 is 23.0. The molecule has 0 bridgehead atoms. The smallest absolute Gasteiger partial charge is 0.374 e.